The predicted octanol–water partition coefficient (Wildman–Crippen LogP) is 5.50. The Balaban J connectivity index is 1.53. The number of aromatic nitrogens is 1. The van der Waals surface area contributed by atoms with Crippen molar-refractivity contribution < 1.29 is 27.4 Å². The average Bonchev–Trinajstić information content (AvgIpc) is 3.37. The second-order valence-corrected chi connectivity index (χ2v) is 8.16. The number of ether oxygens (including phenoxy) is 2. The summed E-state index contributed by atoms with van der Waals surface area (Å²) in [7, 11) is 0. The van der Waals surface area contributed by atoms with Crippen LogP contribution in [0.1, 0.15) is 39.9 Å². The first-order valence-electron chi connectivity index (χ1n) is 11.1. The lowest BCUT2D eigenvalue weighted by Crippen LogP contribution is -2.31. The molecule has 4 rings (SSSR count). The highest BCUT2D eigenvalue weighted by molar-refractivity contribution is 5.95. The molecule has 5 nitrogen and oxygen atoms in total. The molecule has 178 valence electrons. The first-order chi connectivity index (χ1) is 16.4. The maximum absolute atomic E-state index is 13.6. The fourth-order valence-electron chi connectivity index (χ4n) is 3.88. The van der Waals surface area contributed by atoms with Gasteiger partial charge in [-0.1, -0.05) is 30.3 Å². The van der Waals surface area contributed by atoms with Crippen LogP contribution in [0.25, 0.3) is 0 Å². The number of pyridine rings is 1. The number of rotatable bonds is 8. The number of hydrogen-bond donors (Lipinski definition) is 0. The Labute approximate surface area is 196 Å². The summed E-state index contributed by atoms with van der Waals surface area (Å²) in [5.41, 5.74) is 0.160. The molecular formula is C26H25F3N2O3. The molecular weight excluding hydrogens is 445 g/mol. The number of nitrogens with zero attached hydrogens (tertiary/aromatic N) is 2. The number of halogens is 3. The summed E-state index contributed by atoms with van der Waals surface area (Å²) in [6.45, 7) is 1.48. The first-order valence-corrected chi connectivity index (χ1v) is 11.1. The van der Waals surface area contributed by atoms with Crippen molar-refractivity contribution in [3.05, 3.63) is 95.3 Å². The van der Waals surface area contributed by atoms with Crippen LogP contribution in [0.2, 0.25) is 0 Å². The minimum absolute atomic E-state index is 0.0981. The van der Waals surface area contributed by atoms with Crippen molar-refractivity contribution in [3.63, 3.8) is 0 Å². The molecule has 1 aliphatic heterocycles. The molecule has 2 heterocycles. The van der Waals surface area contributed by atoms with Crippen LogP contribution in [0.5, 0.6) is 5.75 Å². The summed E-state index contributed by atoms with van der Waals surface area (Å²) < 4.78 is 52.0. The van der Waals surface area contributed by atoms with Gasteiger partial charge in [-0.05, 0) is 54.3 Å². The third-order valence-corrected chi connectivity index (χ3v) is 5.60. The Morgan fingerprint density at radius 2 is 1.79 bits per heavy atom. The Hall–Kier alpha value is -3.39. The minimum atomic E-state index is -4.63. The monoisotopic (exact) mass is 470 g/mol. The van der Waals surface area contributed by atoms with Crippen molar-refractivity contribution in [1.29, 1.82) is 0 Å². The van der Waals surface area contributed by atoms with Crippen LogP contribution in [0.15, 0.2) is 73.1 Å². The number of carbonyl (C=O) groups is 1. The van der Waals surface area contributed by atoms with Crippen LogP contribution in [0.4, 0.5) is 13.2 Å². The van der Waals surface area contributed by atoms with E-state index in [9.17, 15) is 18.0 Å². The third kappa shape index (κ3) is 6.14. The molecule has 0 unspecified atom stereocenters. The summed E-state index contributed by atoms with van der Waals surface area (Å²) in [5, 5.41) is 0. The van der Waals surface area contributed by atoms with Crippen LogP contribution in [0.3, 0.4) is 0 Å². The normalized spacial score (nSPS) is 15.8. The average molecular weight is 470 g/mol. The number of alkyl halides is 3. The number of amides is 1. The summed E-state index contributed by atoms with van der Waals surface area (Å²) in [4.78, 5) is 18.8. The van der Waals surface area contributed by atoms with Gasteiger partial charge in [0.1, 0.15) is 12.4 Å². The standard InChI is InChI=1S/C26H25F3N2O3/c27-26(28,29)24-8-2-1-7-23(24)25(32)31(17-20-5-3-13-30-15-20)16-19-9-11-21(12-10-19)34-18-22-6-4-14-33-22/h1-3,5,7-13,15,22H,4,6,14,16-18H2/t22-/m0/s1. The van der Waals surface area contributed by atoms with Gasteiger partial charge in [-0.2, -0.15) is 13.2 Å². The van der Waals surface area contributed by atoms with E-state index in [1.807, 2.05) is 12.1 Å². The lowest BCUT2D eigenvalue weighted by atomic mass is 10.0. The van der Waals surface area contributed by atoms with E-state index in [1.54, 1.807) is 36.7 Å². The van der Waals surface area contributed by atoms with Crippen molar-refractivity contribution in [1.82, 2.24) is 9.88 Å². The van der Waals surface area contributed by atoms with Crippen LogP contribution in [0, 0.1) is 0 Å². The van der Waals surface area contributed by atoms with Gasteiger partial charge in [0.2, 0.25) is 0 Å². The fourth-order valence-corrected chi connectivity index (χ4v) is 3.88. The largest absolute Gasteiger partial charge is 0.491 e. The number of benzene rings is 2. The Morgan fingerprint density at radius 3 is 2.47 bits per heavy atom. The summed E-state index contributed by atoms with van der Waals surface area (Å²) in [6, 6.07) is 15.6. The highest BCUT2D eigenvalue weighted by atomic mass is 19.4. The SMILES string of the molecule is O=C(c1ccccc1C(F)(F)F)N(Cc1ccc(OC[C@@H]2CCCO2)cc1)Cc1cccnc1. The summed E-state index contributed by atoms with van der Waals surface area (Å²) >= 11 is 0. The van der Waals surface area contributed by atoms with Gasteiger partial charge in [-0.25, -0.2) is 0 Å². The van der Waals surface area contributed by atoms with Gasteiger partial charge in [-0.3, -0.25) is 9.78 Å². The van der Waals surface area contributed by atoms with E-state index in [1.165, 1.54) is 23.1 Å². The van der Waals surface area contributed by atoms with Crippen molar-refractivity contribution in [2.75, 3.05) is 13.2 Å². The first kappa shape index (κ1) is 23.8. The van der Waals surface area contributed by atoms with E-state index >= 15 is 0 Å². The molecule has 1 fully saturated rings. The van der Waals surface area contributed by atoms with Crippen LogP contribution >= 0.6 is 0 Å². The molecule has 1 aromatic heterocycles. The van der Waals surface area contributed by atoms with Gasteiger partial charge in [0.25, 0.3) is 5.91 Å². The zero-order valence-electron chi connectivity index (χ0n) is 18.5. The lowest BCUT2D eigenvalue weighted by molar-refractivity contribution is -0.138. The molecule has 1 amide bonds. The Bertz CT molecular complexity index is 1080. The molecule has 0 aliphatic carbocycles. The second kappa shape index (κ2) is 10.7. The van der Waals surface area contributed by atoms with Crippen molar-refractivity contribution in [3.8, 4) is 5.75 Å². The Kier molecular flexibility index (Phi) is 7.47. The molecule has 2 aromatic carbocycles. The van der Waals surface area contributed by atoms with Gasteiger partial charge in [0, 0.05) is 32.1 Å². The molecule has 8 heteroatoms. The van der Waals surface area contributed by atoms with Crippen molar-refractivity contribution in [2.24, 2.45) is 0 Å². The number of carbonyl (C=O) groups excluding carboxylic acids is 1. The van der Waals surface area contributed by atoms with E-state index in [-0.39, 0.29) is 24.8 Å². The summed E-state index contributed by atoms with van der Waals surface area (Å²) in [5.74, 6) is -0.0257. The molecule has 0 bridgehead atoms. The second-order valence-electron chi connectivity index (χ2n) is 8.16. The van der Waals surface area contributed by atoms with Crippen LogP contribution in [-0.4, -0.2) is 35.1 Å². The van der Waals surface area contributed by atoms with Crippen molar-refractivity contribution >= 4 is 5.91 Å². The quantitative estimate of drug-likeness (QED) is 0.436. The molecule has 1 aliphatic rings. The van der Waals surface area contributed by atoms with E-state index < -0.39 is 17.6 Å². The zero-order chi connectivity index (χ0) is 24.0. The Morgan fingerprint density at radius 1 is 1.03 bits per heavy atom. The molecule has 0 N–H and O–H groups in total. The van der Waals surface area contributed by atoms with Gasteiger partial charge in [0.05, 0.1) is 17.2 Å². The van der Waals surface area contributed by atoms with Gasteiger partial charge in [-0.15, -0.1) is 0 Å². The third-order valence-electron chi connectivity index (χ3n) is 5.60. The van der Waals surface area contributed by atoms with Gasteiger partial charge in [0.15, 0.2) is 0 Å². The fraction of sp³-hybridized carbons (Fsp3) is 0.308. The minimum Gasteiger partial charge on any atom is -0.491 e. The molecule has 1 atom stereocenters. The highest BCUT2D eigenvalue weighted by Gasteiger charge is 2.36. The van der Waals surface area contributed by atoms with E-state index in [0.717, 1.165) is 36.6 Å². The number of hydrogen-bond acceptors (Lipinski definition) is 4. The van der Waals surface area contributed by atoms with E-state index in [4.69, 9.17) is 9.47 Å². The predicted molar refractivity (Wildman–Crippen MR) is 120 cm³/mol. The smallest absolute Gasteiger partial charge is 0.417 e. The molecule has 34 heavy (non-hydrogen) atoms. The molecule has 0 radical (unpaired) electrons. The maximum atomic E-state index is 13.6. The van der Waals surface area contributed by atoms with Gasteiger partial charge >= 0.3 is 6.18 Å². The van der Waals surface area contributed by atoms with E-state index in [0.29, 0.717) is 12.4 Å². The topological polar surface area (TPSA) is 51.7 Å². The van der Waals surface area contributed by atoms with Crippen LogP contribution < -0.4 is 4.74 Å². The maximum Gasteiger partial charge on any atom is 0.417 e. The van der Waals surface area contributed by atoms with Gasteiger partial charge < -0.3 is 14.4 Å². The molecule has 0 saturated carbocycles. The molecule has 0 spiro atoms. The highest BCUT2D eigenvalue weighted by Crippen LogP contribution is 2.33. The molecule has 1 saturated heterocycles. The summed E-state index contributed by atoms with van der Waals surface area (Å²) in [6.07, 6.45) is 0.672. The van der Waals surface area contributed by atoms with Crippen LogP contribution in [-0.2, 0) is 24.0 Å². The van der Waals surface area contributed by atoms with Crippen molar-refractivity contribution in [2.45, 2.75) is 38.2 Å². The molecule has 3 aromatic rings. The zero-order valence-corrected chi connectivity index (χ0v) is 18.5. The lowest BCUT2D eigenvalue weighted by Gasteiger charge is -2.25. The van der Waals surface area contributed by atoms with E-state index in [2.05, 4.69) is 4.98 Å².